The lowest BCUT2D eigenvalue weighted by atomic mass is 10.2. The standard InChI is InChI=1S/C9H10O2.C6H14O2/c10-6-7-11-8-9-4-2-1-3-5-9;1-4-7-6(3)8-5-2/h1-6H,7-8H2;6H,4-5H2,1-3H3. The molecule has 0 saturated heterocycles. The third kappa shape index (κ3) is 11.6. The van der Waals surface area contributed by atoms with Gasteiger partial charge in [-0.25, -0.2) is 0 Å². The van der Waals surface area contributed by atoms with Crippen LogP contribution in [0.1, 0.15) is 26.3 Å². The van der Waals surface area contributed by atoms with Gasteiger partial charge < -0.3 is 19.0 Å². The van der Waals surface area contributed by atoms with Gasteiger partial charge in [-0.2, -0.15) is 0 Å². The maximum Gasteiger partial charge on any atom is 0.154 e. The minimum Gasteiger partial charge on any atom is -0.369 e. The van der Waals surface area contributed by atoms with Gasteiger partial charge in [-0.3, -0.25) is 0 Å². The number of carbonyl (C=O) groups is 1. The molecule has 4 nitrogen and oxygen atoms in total. The monoisotopic (exact) mass is 268 g/mol. The zero-order chi connectivity index (χ0) is 14.3. The average molecular weight is 268 g/mol. The van der Waals surface area contributed by atoms with Gasteiger partial charge in [-0.1, -0.05) is 30.3 Å². The molecular weight excluding hydrogens is 244 g/mol. The summed E-state index contributed by atoms with van der Waals surface area (Å²) in [7, 11) is 0. The molecule has 0 amide bonds. The van der Waals surface area contributed by atoms with E-state index in [2.05, 4.69) is 0 Å². The minimum absolute atomic E-state index is 0.0370. The summed E-state index contributed by atoms with van der Waals surface area (Å²) in [5, 5.41) is 0. The van der Waals surface area contributed by atoms with Crippen molar-refractivity contribution in [3.63, 3.8) is 0 Å². The first-order valence-electron chi connectivity index (χ1n) is 6.53. The highest BCUT2D eigenvalue weighted by Gasteiger charge is 1.94. The number of hydrogen-bond acceptors (Lipinski definition) is 4. The Labute approximate surface area is 115 Å². The lowest BCUT2D eigenvalue weighted by molar-refractivity contribution is -0.123. The molecule has 0 radical (unpaired) electrons. The fourth-order valence-electron chi connectivity index (χ4n) is 1.32. The predicted molar refractivity (Wildman–Crippen MR) is 74.9 cm³/mol. The molecule has 0 saturated carbocycles. The second kappa shape index (κ2) is 13.2. The Morgan fingerprint density at radius 1 is 1.11 bits per heavy atom. The van der Waals surface area contributed by atoms with Gasteiger partial charge in [0.2, 0.25) is 0 Å². The predicted octanol–water partition coefficient (Wildman–Crippen LogP) is 2.81. The molecule has 0 aliphatic heterocycles. The van der Waals surface area contributed by atoms with Crippen LogP contribution >= 0.6 is 0 Å². The Morgan fingerprint density at radius 3 is 2.16 bits per heavy atom. The molecule has 0 atom stereocenters. The van der Waals surface area contributed by atoms with Gasteiger partial charge in [0.15, 0.2) is 6.29 Å². The fourth-order valence-corrected chi connectivity index (χ4v) is 1.32. The highest BCUT2D eigenvalue weighted by atomic mass is 16.7. The maximum absolute atomic E-state index is 9.87. The number of carbonyl (C=O) groups excluding carboxylic acids is 1. The van der Waals surface area contributed by atoms with E-state index >= 15 is 0 Å². The smallest absolute Gasteiger partial charge is 0.154 e. The molecule has 0 unspecified atom stereocenters. The van der Waals surface area contributed by atoms with Crippen LogP contribution in [0.25, 0.3) is 0 Å². The third-order valence-electron chi connectivity index (χ3n) is 2.10. The summed E-state index contributed by atoms with van der Waals surface area (Å²) in [4.78, 5) is 9.87. The van der Waals surface area contributed by atoms with Crippen molar-refractivity contribution < 1.29 is 19.0 Å². The summed E-state index contributed by atoms with van der Waals surface area (Å²) in [6.07, 6.45) is 0.716. The van der Waals surface area contributed by atoms with E-state index < -0.39 is 0 Å². The summed E-state index contributed by atoms with van der Waals surface area (Å²) in [6.45, 7) is 7.94. The van der Waals surface area contributed by atoms with Crippen molar-refractivity contribution in [3.8, 4) is 0 Å². The van der Waals surface area contributed by atoms with Crippen LogP contribution in [0.3, 0.4) is 0 Å². The molecule has 0 spiro atoms. The molecule has 0 bridgehead atoms. The van der Waals surface area contributed by atoms with Crippen LogP contribution in [0.2, 0.25) is 0 Å². The van der Waals surface area contributed by atoms with Gasteiger partial charge in [0.05, 0.1) is 6.61 Å². The van der Waals surface area contributed by atoms with E-state index in [4.69, 9.17) is 14.2 Å². The lowest BCUT2D eigenvalue weighted by Gasteiger charge is -2.09. The second-order valence-corrected chi connectivity index (χ2v) is 3.65. The highest BCUT2D eigenvalue weighted by Crippen LogP contribution is 1.99. The first kappa shape index (κ1) is 17.8. The van der Waals surface area contributed by atoms with Crippen LogP contribution in [0.4, 0.5) is 0 Å². The van der Waals surface area contributed by atoms with Crippen LogP contribution in [0, 0.1) is 0 Å². The Hall–Kier alpha value is -1.23. The van der Waals surface area contributed by atoms with Gasteiger partial charge >= 0.3 is 0 Å². The second-order valence-electron chi connectivity index (χ2n) is 3.65. The summed E-state index contributed by atoms with van der Waals surface area (Å²) in [5.74, 6) is 0. The zero-order valence-corrected chi connectivity index (χ0v) is 12.0. The molecule has 0 aliphatic rings. The molecule has 4 heteroatoms. The molecule has 0 heterocycles. The van der Waals surface area contributed by atoms with Gasteiger partial charge in [-0.15, -0.1) is 0 Å². The van der Waals surface area contributed by atoms with Crippen molar-refractivity contribution in [2.45, 2.75) is 33.7 Å². The van der Waals surface area contributed by atoms with E-state index in [9.17, 15) is 4.79 Å². The molecule has 108 valence electrons. The van der Waals surface area contributed by atoms with Crippen LogP contribution in [0.15, 0.2) is 30.3 Å². The molecule has 0 aromatic heterocycles. The van der Waals surface area contributed by atoms with Crippen molar-refractivity contribution in [2.75, 3.05) is 19.8 Å². The molecule has 1 rings (SSSR count). The van der Waals surface area contributed by atoms with E-state index in [1.165, 1.54) is 0 Å². The summed E-state index contributed by atoms with van der Waals surface area (Å²) in [5.41, 5.74) is 1.09. The molecule has 1 aromatic rings. The van der Waals surface area contributed by atoms with Crippen molar-refractivity contribution in [1.82, 2.24) is 0 Å². The Morgan fingerprint density at radius 2 is 1.68 bits per heavy atom. The van der Waals surface area contributed by atoms with Gasteiger partial charge in [0.1, 0.15) is 12.9 Å². The molecule has 0 fully saturated rings. The quantitative estimate of drug-likeness (QED) is 0.413. The summed E-state index contributed by atoms with van der Waals surface area (Å²) in [6, 6.07) is 9.76. The first-order chi connectivity index (χ1) is 9.24. The van der Waals surface area contributed by atoms with E-state index in [1.807, 2.05) is 51.1 Å². The molecule has 0 N–H and O–H groups in total. The average Bonchev–Trinajstić information content (AvgIpc) is 2.42. The molecular formula is C15H24O4. The lowest BCUT2D eigenvalue weighted by Crippen LogP contribution is -2.11. The fraction of sp³-hybridized carbons (Fsp3) is 0.533. The Kier molecular flexibility index (Phi) is 12.4. The Balaban J connectivity index is 0.000000362. The van der Waals surface area contributed by atoms with E-state index in [-0.39, 0.29) is 12.9 Å². The number of aldehydes is 1. The third-order valence-corrected chi connectivity index (χ3v) is 2.10. The SMILES string of the molecule is CCOC(C)OCC.O=CCOCc1ccccc1. The van der Waals surface area contributed by atoms with Crippen LogP contribution < -0.4 is 0 Å². The molecule has 0 aliphatic carbocycles. The zero-order valence-electron chi connectivity index (χ0n) is 12.0. The van der Waals surface area contributed by atoms with Gasteiger partial charge in [0, 0.05) is 13.2 Å². The van der Waals surface area contributed by atoms with Crippen molar-refractivity contribution >= 4 is 6.29 Å². The van der Waals surface area contributed by atoms with Crippen LogP contribution in [-0.2, 0) is 25.6 Å². The first-order valence-corrected chi connectivity index (χ1v) is 6.53. The minimum atomic E-state index is -0.0370. The van der Waals surface area contributed by atoms with E-state index in [0.29, 0.717) is 6.61 Å². The van der Waals surface area contributed by atoms with E-state index in [1.54, 1.807) is 0 Å². The molecule has 19 heavy (non-hydrogen) atoms. The molecule has 1 aromatic carbocycles. The Bertz CT molecular complexity index is 294. The largest absolute Gasteiger partial charge is 0.369 e. The maximum atomic E-state index is 9.87. The number of ether oxygens (including phenoxy) is 3. The summed E-state index contributed by atoms with van der Waals surface area (Å²) < 4.78 is 15.1. The van der Waals surface area contributed by atoms with Crippen molar-refractivity contribution in [1.29, 1.82) is 0 Å². The number of rotatable bonds is 8. The normalized spacial score (nSPS) is 9.89. The van der Waals surface area contributed by atoms with Crippen LogP contribution in [0.5, 0.6) is 0 Å². The van der Waals surface area contributed by atoms with Crippen LogP contribution in [-0.4, -0.2) is 32.4 Å². The van der Waals surface area contributed by atoms with Crippen molar-refractivity contribution in [2.24, 2.45) is 0 Å². The van der Waals surface area contributed by atoms with E-state index in [0.717, 1.165) is 25.1 Å². The van der Waals surface area contributed by atoms with Gasteiger partial charge in [0.25, 0.3) is 0 Å². The van der Waals surface area contributed by atoms with Crippen molar-refractivity contribution in [3.05, 3.63) is 35.9 Å². The number of benzene rings is 1. The number of hydrogen-bond donors (Lipinski definition) is 0. The summed E-state index contributed by atoms with van der Waals surface area (Å²) >= 11 is 0. The highest BCUT2D eigenvalue weighted by molar-refractivity contribution is 5.50. The topological polar surface area (TPSA) is 44.8 Å². The van der Waals surface area contributed by atoms with Gasteiger partial charge in [-0.05, 0) is 26.3 Å².